The number of allylic oxidation sites excluding steroid dienone is 1. The Bertz CT molecular complexity index is 1200. The van der Waals surface area contributed by atoms with Crippen LogP contribution in [0.5, 0.6) is 11.5 Å². The highest BCUT2D eigenvalue weighted by Crippen LogP contribution is 2.45. The summed E-state index contributed by atoms with van der Waals surface area (Å²) in [6.07, 6.45) is 1.87. The van der Waals surface area contributed by atoms with Crippen LogP contribution >= 0.6 is 23.4 Å². The van der Waals surface area contributed by atoms with Gasteiger partial charge in [0.2, 0.25) is 0 Å². The Morgan fingerprint density at radius 3 is 2.74 bits per heavy atom. The number of benzene rings is 2. The minimum absolute atomic E-state index is 0.00929. The molecule has 0 aliphatic carbocycles. The number of hydrogen-bond acceptors (Lipinski definition) is 7. The SMILES string of the molecule is CCOC(=O)C1=C(C)N=C2SC=CN2[C@H]1c1cc(Cl)c(OCc2ccccc2F)c(OCC)c1. The highest BCUT2D eigenvalue weighted by Gasteiger charge is 2.38. The molecule has 0 aromatic heterocycles. The molecule has 4 rings (SSSR count). The first-order chi connectivity index (χ1) is 16.4. The summed E-state index contributed by atoms with van der Waals surface area (Å²) >= 11 is 8.13. The van der Waals surface area contributed by atoms with Gasteiger partial charge in [-0.1, -0.05) is 41.6 Å². The van der Waals surface area contributed by atoms with Crippen LogP contribution in [-0.4, -0.2) is 29.3 Å². The predicted molar refractivity (Wildman–Crippen MR) is 131 cm³/mol. The molecule has 0 spiro atoms. The third-order valence-electron chi connectivity index (χ3n) is 5.29. The topological polar surface area (TPSA) is 60.4 Å². The van der Waals surface area contributed by atoms with Crippen LogP contribution in [0.15, 0.2) is 64.3 Å². The van der Waals surface area contributed by atoms with E-state index >= 15 is 0 Å². The van der Waals surface area contributed by atoms with Crippen LogP contribution in [0.25, 0.3) is 0 Å². The summed E-state index contributed by atoms with van der Waals surface area (Å²) in [5.74, 6) is -0.0839. The third-order valence-corrected chi connectivity index (χ3v) is 6.34. The van der Waals surface area contributed by atoms with Crippen molar-refractivity contribution in [1.29, 1.82) is 0 Å². The summed E-state index contributed by atoms with van der Waals surface area (Å²) in [5, 5.41) is 2.95. The maximum Gasteiger partial charge on any atom is 0.338 e. The lowest BCUT2D eigenvalue weighted by Crippen LogP contribution is -2.34. The second kappa shape index (κ2) is 10.5. The number of halogens is 2. The molecule has 9 heteroatoms. The van der Waals surface area contributed by atoms with Crippen LogP contribution in [-0.2, 0) is 16.1 Å². The molecule has 2 aliphatic heterocycles. The molecule has 1 atom stereocenters. The molecule has 2 aliphatic rings. The molecule has 0 unspecified atom stereocenters. The van der Waals surface area contributed by atoms with Gasteiger partial charge in [-0.25, -0.2) is 14.2 Å². The predicted octanol–water partition coefficient (Wildman–Crippen LogP) is 6.22. The van der Waals surface area contributed by atoms with Crippen molar-refractivity contribution in [3.8, 4) is 11.5 Å². The van der Waals surface area contributed by atoms with Gasteiger partial charge in [0.25, 0.3) is 0 Å². The Hall–Kier alpha value is -2.97. The fraction of sp³-hybridized carbons (Fsp3) is 0.280. The number of fused-ring (bicyclic) bond motifs is 1. The number of esters is 1. The van der Waals surface area contributed by atoms with Gasteiger partial charge in [-0.2, -0.15) is 0 Å². The molecule has 0 saturated carbocycles. The Morgan fingerprint density at radius 1 is 1.21 bits per heavy atom. The van der Waals surface area contributed by atoms with Gasteiger partial charge in [-0.3, -0.25) is 0 Å². The molecule has 0 fully saturated rings. The first-order valence-electron chi connectivity index (χ1n) is 10.8. The molecule has 0 amide bonds. The van der Waals surface area contributed by atoms with Crippen LogP contribution in [0.4, 0.5) is 4.39 Å². The fourth-order valence-electron chi connectivity index (χ4n) is 3.81. The van der Waals surface area contributed by atoms with Crippen molar-refractivity contribution in [1.82, 2.24) is 4.90 Å². The number of carbonyl (C=O) groups excluding carboxylic acids is 1. The van der Waals surface area contributed by atoms with E-state index in [2.05, 4.69) is 4.99 Å². The number of rotatable bonds is 8. The molecule has 0 N–H and O–H groups in total. The van der Waals surface area contributed by atoms with E-state index in [0.717, 1.165) is 5.17 Å². The molecule has 6 nitrogen and oxygen atoms in total. The molecular weight excluding hydrogens is 479 g/mol. The summed E-state index contributed by atoms with van der Waals surface area (Å²) < 4.78 is 31.1. The summed E-state index contributed by atoms with van der Waals surface area (Å²) in [4.78, 5) is 19.4. The minimum atomic E-state index is -0.505. The molecule has 2 aromatic rings. The van der Waals surface area contributed by atoms with Gasteiger partial charge in [-0.05, 0) is 49.9 Å². The fourth-order valence-corrected chi connectivity index (χ4v) is 4.88. The number of amidine groups is 1. The number of aliphatic imine (C=N–C) groups is 1. The summed E-state index contributed by atoms with van der Waals surface area (Å²) in [7, 11) is 0. The van der Waals surface area contributed by atoms with Gasteiger partial charge in [0.05, 0.1) is 35.5 Å². The molecular formula is C25H24ClFN2O4S. The van der Waals surface area contributed by atoms with Crippen molar-refractivity contribution in [2.24, 2.45) is 4.99 Å². The Labute approximate surface area is 207 Å². The van der Waals surface area contributed by atoms with E-state index in [0.29, 0.717) is 40.5 Å². The van der Waals surface area contributed by atoms with Crippen LogP contribution in [0.3, 0.4) is 0 Å². The normalized spacial score (nSPS) is 16.9. The van der Waals surface area contributed by atoms with Gasteiger partial charge in [0.1, 0.15) is 12.4 Å². The number of thioether (sulfide) groups is 1. The zero-order chi connectivity index (χ0) is 24.2. The lowest BCUT2D eigenvalue weighted by Gasteiger charge is -2.33. The molecule has 0 radical (unpaired) electrons. The van der Waals surface area contributed by atoms with Crippen LogP contribution < -0.4 is 9.47 Å². The highest BCUT2D eigenvalue weighted by atomic mass is 35.5. The van der Waals surface area contributed by atoms with E-state index in [1.807, 2.05) is 23.4 Å². The van der Waals surface area contributed by atoms with Gasteiger partial charge in [0, 0.05) is 11.8 Å². The van der Waals surface area contributed by atoms with Crippen LogP contribution in [0.2, 0.25) is 5.02 Å². The Kier molecular flexibility index (Phi) is 7.48. The zero-order valence-corrected chi connectivity index (χ0v) is 20.6. The van der Waals surface area contributed by atoms with Crippen molar-refractivity contribution in [3.63, 3.8) is 0 Å². The Morgan fingerprint density at radius 2 is 2.00 bits per heavy atom. The minimum Gasteiger partial charge on any atom is -0.490 e. The average Bonchev–Trinajstić information content (AvgIpc) is 3.26. The molecule has 34 heavy (non-hydrogen) atoms. The molecule has 0 saturated heterocycles. The lowest BCUT2D eigenvalue weighted by atomic mass is 9.94. The summed E-state index contributed by atoms with van der Waals surface area (Å²) in [5.41, 5.74) is 2.13. The van der Waals surface area contributed by atoms with Gasteiger partial charge >= 0.3 is 5.97 Å². The van der Waals surface area contributed by atoms with Crippen molar-refractivity contribution < 1.29 is 23.4 Å². The van der Waals surface area contributed by atoms with Crippen molar-refractivity contribution in [2.45, 2.75) is 33.4 Å². The van der Waals surface area contributed by atoms with Crippen LogP contribution in [0, 0.1) is 5.82 Å². The van der Waals surface area contributed by atoms with E-state index in [1.54, 1.807) is 44.2 Å². The standard InChI is InChI=1S/C25H24ClFN2O4S/c1-4-31-20-13-17(12-18(26)23(20)33-14-16-8-6-7-9-19(16)27)22-21(24(30)32-5-2)15(3)28-25-29(22)10-11-34-25/h6-13,22H,4-5,14H2,1-3H3/t22-/m0/s1. The number of ether oxygens (including phenoxy) is 3. The second-order valence-corrected chi connectivity index (χ2v) is 8.75. The maximum absolute atomic E-state index is 14.1. The van der Waals surface area contributed by atoms with Crippen LogP contribution in [0.1, 0.15) is 37.9 Å². The average molecular weight is 503 g/mol. The highest BCUT2D eigenvalue weighted by molar-refractivity contribution is 8.16. The van der Waals surface area contributed by atoms with Gasteiger partial charge in [0.15, 0.2) is 16.7 Å². The summed E-state index contributed by atoms with van der Waals surface area (Å²) in [6, 6.07) is 9.41. The van der Waals surface area contributed by atoms with Gasteiger partial charge in [-0.15, -0.1) is 0 Å². The van der Waals surface area contributed by atoms with E-state index in [-0.39, 0.29) is 24.1 Å². The number of carbonyl (C=O) groups is 1. The number of hydrogen-bond donors (Lipinski definition) is 0. The zero-order valence-electron chi connectivity index (χ0n) is 19.0. The molecule has 2 aromatic carbocycles. The maximum atomic E-state index is 14.1. The van der Waals surface area contributed by atoms with E-state index in [1.165, 1.54) is 17.8 Å². The largest absolute Gasteiger partial charge is 0.490 e. The van der Waals surface area contributed by atoms with Gasteiger partial charge < -0.3 is 19.1 Å². The molecule has 2 heterocycles. The quantitative estimate of drug-likeness (QED) is 0.399. The Balaban J connectivity index is 1.74. The van der Waals surface area contributed by atoms with Crippen molar-refractivity contribution >= 4 is 34.5 Å². The number of nitrogens with zero attached hydrogens (tertiary/aromatic N) is 2. The first kappa shape index (κ1) is 24.2. The monoisotopic (exact) mass is 502 g/mol. The van der Waals surface area contributed by atoms with Crippen molar-refractivity contribution in [2.75, 3.05) is 13.2 Å². The van der Waals surface area contributed by atoms with E-state index in [9.17, 15) is 9.18 Å². The van der Waals surface area contributed by atoms with E-state index < -0.39 is 12.0 Å². The van der Waals surface area contributed by atoms with E-state index in [4.69, 9.17) is 25.8 Å². The van der Waals surface area contributed by atoms with Crippen molar-refractivity contribution in [3.05, 3.63) is 81.2 Å². The lowest BCUT2D eigenvalue weighted by molar-refractivity contribution is -0.139. The second-order valence-electron chi connectivity index (χ2n) is 7.47. The first-order valence-corrected chi connectivity index (χ1v) is 12.1. The molecule has 0 bridgehead atoms. The third kappa shape index (κ3) is 4.79. The summed E-state index contributed by atoms with van der Waals surface area (Å²) in [6.45, 7) is 6.01. The molecule has 178 valence electrons. The smallest absolute Gasteiger partial charge is 0.338 e.